The number of carbonyl (C=O) groups excluding carboxylic acids is 3. The van der Waals surface area contributed by atoms with Gasteiger partial charge in [0.1, 0.15) is 22.7 Å². The molecular weight excluding hydrogens is 320 g/mol. The van der Waals surface area contributed by atoms with Crippen LogP contribution >= 0.6 is 0 Å². The van der Waals surface area contributed by atoms with E-state index >= 15 is 0 Å². The molecule has 2 aliphatic rings. The van der Waals surface area contributed by atoms with Gasteiger partial charge in [-0.15, -0.1) is 0 Å². The Morgan fingerprint density at radius 1 is 1.00 bits per heavy atom. The molecule has 1 atom stereocenters. The first kappa shape index (κ1) is 16.8. The molecule has 0 spiro atoms. The van der Waals surface area contributed by atoms with Crippen LogP contribution < -0.4 is 10.9 Å². The molecule has 0 amide bonds. The monoisotopic (exact) mass is 332 g/mol. The number of hydrogen-bond acceptors (Lipinski definition) is 6. The van der Waals surface area contributed by atoms with Gasteiger partial charge in [-0.3, -0.25) is 0 Å². The quantitative estimate of drug-likeness (QED) is 0.645. The average molecular weight is 332 g/mol. The molecule has 0 radical (unpaired) electrons. The fourth-order valence-electron chi connectivity index (χ4n) is 2.72. The number of sulfonamides is 1. The highest BCUT2D eigenvalue weighted by Crippen LogP contribution is 2.44. The molecule has 0 aromatic carbocycles. The zero-order valence-corrected chi connectivity index (χ0v) is 12.6. The fraction of sp³-hybridized carbons (Fsp3) is 0.200. The third-order valence-electron chi connectivity index (χ3n) is 3.65. The maximum Gasteiger partial charge on any atom is 0.239 e. The third-order valence-corrected chi connectivity index (χ3v) is 4.64. The first-order chi connectivity index (χ1) is 10.9. The minimum absolute atomic E-state index is 0.0136. The lowest BCUT2D eigenvalue weighted by Gasteiger charge is -2.29. The van der Waals surface area contributed by atoms with Crippen LogP contribution in [-0.4, -0.2) is 32.8 Å². The van der Waals surface area contributed by atoms with Crippen LogP contribution in [0.25, 0.3) is 0 Å². The summed E-state index contributed by atoms with van der Waals surface area (Å²) in [5.74, 6) is 2.95. The standard InChI is InChI=1S/C15H12N2O5S/c16-5-10-11(6-18)13(8-20)15(23(17,21)22)14(12(10)7-19)9-3-1-2-4-9/h1-4,9-10H,5,16H2,(H2,17,21,22). The van der Waals surface area contributed by atoms with Gasteiger partial charge in [0, 0.05) is 18.4 Å². The van der Waals surface area contributed by atoms with Crippen molar-refractivity contribution in [1.82, 2.24) is 0 Å². The van der Waals surface area contributed by atoms with Crippen LogP contribution in [0.15, 0.2) is 51.5 Å². The molecule has 8 heteroatoms. The second kappa shape index (κ2) is 6.28. The van der Waals surface area contributed by atoms with Crippen molar-refractivity contribution < 1.29 is 22.8 Å². The van der Waals surface area contributed by atoms with Gasteiger partial charge in [0.2, 0.25) is 10.0 Å². The Labute approximate surface area is 132 Å². The van der Waals surface area contributed by atoms with Crippen LogP contribution in [0.3, 0.4) is 0 Å². The predicted molar refractivity (Wildman–Crippen MR) is 82.1 cm³/mol. The first-order valence-corrected chi connectivity index (χ1v) is 8.03. The van der Waals surface area contributed by atoms with Gasteiger partial charge in [-0.2, -0.15) is 0 Å². The van der Waals surface area contributed by atoms with Crippen molar-refractivity contribution in [1.29, 1.82) is 0 Å². The van der Waals surface area contributed by atoms with Crippen LogP contribution in [0.4, 0.5) is 0 Å². The number of nitrogens with two attached hydrogens (primary N) is 2. The second-order valence-electron chi connectivity index (χ2n) is 4.88. The van der Waals surface area contributed by atoms with Crippen molar-refractivity contribution >= 4 is 27.8 Å². The van der Waals surface area contributed by atoms with Crippen molar-refractivity contribution in [2.24, 2.45) is 22.7 Å². The second-order valence-corrected chi connectivity index (χ2v) is 6.38. The van der Waals surface area contributed by atoms with Gasteiger partial charge in [0.05, 0.1) is 16.7 Å². The minimum Gasteiger partial charge on any atom is -0.329 e. The Balaban J connectivity index is 3.01. The topological polar surface area (TPSA) is 137 Å². The molecule has 2 rings (SSSR count). The molecule has 23 heavy (non-hydrogen) atoms. The molecule has 0 saturated carbocycles. The van der Waals surface area contributed by atoms with Crippen LogP contribution in [0.1, 0.15) is 0 Å². The zero-order valence-electron chi connectivity index (χ0n) is 11.8. The Kier molecular flexibility index (Phi) is 4.59. The highest BCUT2D eigenvalue weighted by Gasteiger charge is 2.41. The van der Waals surface area contributed by atoms with Gasteiger partial charge in [-0.25, -0.2) is 27.9 Å². The van der Waals surface area contributed by atoms with Gasteiger partial charge in [-0.05, 0) is 5.57 Å². The summed E-state index contributed by atoms with van der Waals surface area (Å²) < 4.78 is 24.0. The summed E-state index contributed by atoms with van der Waals surface area (Å²) in [4.78, 5) is 33.3. The number of primary sulfonamides is 1. The van der Waals surface area contributed by atoms with Crippen molar-refractivity contribution in [3.8, 4) is 0 Å². The molecule has 7 nitrogen and oxygen atoms in total. The van der Waals surface area contributed by atoms with Crippen LogP contribution in [0.2, 0.25) is 0 Å². The lowest BCUT2D eigenvalue weighted by molar-refractivity contribution is 0.554. The molecule has 4 N–H and O–H groups in total. The van der Waals surface area contributed by atoms with Gasteiger partial charge >= 0.3 is 0 Å². The van der Waals surface area contributed by atoms with Crippen molar-refractivity contribution in [3.63, 3.8) is 0 Å². The van der Waals surface area contributed by atoms with Crippen LogP contribution in [0, 0.1) is 11.8 Å². The molecule has 0 heterocycles. The molecule has 1 unspecified atom stereocenters. The summed E-state index contributed by atoms with van der Waals surface area (Å²) in [5, 5.41) is 5.20. The van der Waals surface area contributed by atoms with E-state index in [0.717, 1.165) is 0 Å². The largest absolute Gasteiger partial charge is 0.329 e. The third kappa shape index (κ3) is 2.74. The molecule has 0 aliphatic heterocycles. The predicted octanol–water partition coefficient (Wildman–Crippen LogP) is -0.866. The van der Waals surface area contributed by atoms with E-state index in [1.165, 1.54) is 11.9 Å². The van der Waals surface area contributed by atoms with Gasteiger partial charge in [0.25, 0.3) is 0 Å². The first-order valence-electron chi connectivity index (χ1n) is 6.48. The normalized spacial score (nSPS) is 21.5. The Morgan fingerprint density at radius 3 is 1.96 bits per heavy atom. The van der Waals surface area contributed by atoms with Crippen LogP contribution in [-0.2, 0) is 24.4 Å². The van der Waals surface area contributed by atoms with Crippen molar-refractivity contribution in [2.45, 2.75) is 0 Å². The minimum atomic E-state index is -4.42. The molecule has 0 saturated heterocycles. The van der Waals surface area contributed by atoms with Gasteiger partial charge in [0.15, 0.2) is 0 Å². The van der Waals surface area contributed by atoms with E-state index in [1.807, 2.05) is 0 Å². The molecular formula is C15H12N2O5S. The van der Waals surface area contributed by atoms with Gasteiger partial charge in [-0.1, -0.05) is 24.3 Å². The Hall–Kier alpha value is -2.56. The Morgan fingerprint density at radius 2 is 1.57 bits per heavy atom. The smallest absolute Gasteiger partial charge is 0.239 e. The van der Waals surface area contributed by atoms with E-state index in [0.29, 0.717) is 0 Å². The van der Waals surface area contributed by atoms with E-state index in [9.17, 15) is 22.8 Å². The van der Waals surface area contributed by atoms with E-state index in [2.05, 4.69) is 0 Å². The highest BCUT2D eigenvalue weighted by molar-refractivity contribution is 7.93. The lowest BCUT2D eigenvalue weighted by Crippen LogP contribution is -2.32. The summed E-state index contributed by atoms with van der Waals surface area (Å²) in [6, 6.07) is 0. The molecule has 2 aliphatic carbocycles. The SMILES string of the molecule is NCC1C(=C=O)C(=C=O)C(S(N)(=O)=O)=C(C2C=CC=C2)C1=C=O. The van der Waals surface area contributed by atoms with E-state index in [1.54, 1.807) is 30.2 Å². The molecule has 0 aromatic rings. The number of rotatable bonds is 3. The fourth-order valence-corrected chi connectivity index (χ4v) is 3.71. The molecule has 0 fully saturated rings. The molecule has 118 valence electrons. The summed E-state index contributed by atoms with van der Waals surface area (Å²) in [6.07, 6.45) is 6.52. The number of allylic oxidation sites excluding steroid dienone is 6. The number of hydrogen-bond donors (Lipinski definition) is 2. The summed E-state index contributed by atoms with van der Waals surface area (Å²) in [7, 11) is -4.42. The molecule has 0 aromatic heterocycles. The highest BCUT2D eigenvalue weighted by atomic mass is 32.2. The molecule has 0 bridgehead atoms. The van der Waals surface area contributed by atoms with E-state index in [4.69, 9.17) is 10.9 Å². The maximum absolute atomic E-state index is 12.0. The Bertz CT molecular complexity index is 892. The van der Waals surface area contributed by atoms with Gasteiger partial charge < -0.3 is 5.73 Å². The summed E-state index contributed by atoms with van der Waals surface area (Å²) in [5.41, 5.74) is 4.54. The summed E-state index contributed by atoms with van der Waals surface area (Å²) in [6.45, 7) is -0.206. The van der Waals surface area contributed by atoms with E-state index in [-0.39, 0.29) is 23.3 Å². The summed E-state index contributed by atoms with van der Waals surface area (Å²) >= 11 is 0. The lowest BCUT2D eigenvalue weighted by atomic mass is 9.75. The maximum atomic E-state index is 12.0. The average Bonchev–Trinajstić information content (AvgIpc) is 3.04. The van der Waals surface area contributed by atoms with E-state index < -0.39 is 32.3 Å². The van der Waals surface area contributed by atoms with Crippen molar-refractivity contribution in [3.05, 3.63) is 51.5 Å². The van der Waals surface area contributed by atoms with Crippen molar-refractivity contribution in [2.75, 3.05) is 6.54 Å². The zero-order chi connectivity index (χ0) is 17.2. The van der Waals surface area contributed by atoms with Crippen LogP contribution in [0.5, 0.6) is 0 Å².